The van der Waals surface area contributed by atoms with Gasteiger partial charge in [-0.3, -0.25) is 4.57 Å². The average Bonchev–Trinajstić information content (AvgIpc) is 2.82. The summed E-state index contributed by atoms with van der Waals surface area (Å²) in [5.41, 5.74) is 4.65. The number of rotatable bonds is 8. The molecule has 0 spiro atoms. The first kappa shape index (κ1) is 23.7. The number of aromatic nitrogens is 2. The van der Waals surface area contributed by atoms with Gasteiger partial charge in [-0.2, -0.15) is 9.29 Å². The second-order valence-electron chi connectivity index (χ2n) is 5.36. The van der Waals surface area contributed by atoms with Gasteiger partial charge >= 0.3 is 28.1 Å². The monoisotopic (exact) mass is 483 g/mol. The average molecular weight is 483 g/mol. The number of aliphatic hydroxyl groups is 1. The number of hydrogen-bond donors (Lipinski definition) is 6. The maximum Gasteiger partial charge on any atom is 0.488 e. The van der Waals surface area contributed by atoms with Crippen LogP contribution in [0, 0.1) is 0 Å². The lowest BCUT2D eigenvalue weighted by molar-refractivity contribution is -0.0426. The maximum atomic E-state index is 11.8. The molecular formula is C9H16N3O12P3S. The smallest absolute Gasteiger partial charge is 0.390 e. The van der Waals surface area contributed by atoms with Gasteiger partial charge in [0.25, 0.3) is 0 Å². The predicted octanol–water partition coefficient (Wildman–Crippen LogP) is -1.07. The van der Waals surface area contributed by atoms with Gasteiger partial charge in [0.05, 0.1) is 12.7 Å². The summed E-state index contributed by atoms with van der Waals surface area (Å²) < 4.78 is 40.8. The summed E-state index contributed by atoms with van der Waals surface area (Å²) >= 11 is 4.45. The number of hydrogen-bond acceptors (Lipinski definition) is 11. The number of nitrogens with two attached hydrogens (primary N) is 1. The van der Waals surface area contributed by atoms with Gasteiger partial charge in [0.15, 0.2) is 0 Å². The van der Waals surface area contributed by atoms with Crippen LogP contribution in [0.4, 0.5) is 5.82 Å². The number of nitrogens with zero attached hydrogens (tertiary/aromatic N) is 2. The van der Waals surface area contributed by atoms with Crippen molar-refractivity contribution in [2.24, 2.45) is 0 Å². The van der Waals surface area contributed by atoms with E-state index in [0.717, 1.165) is 4.57 Å². The normalized spacial score (nSPS) is 27.2. The number of anilines is 1. The minimum Gasteiger partial charge on any atom is -0.390 e. The molecule has 1 aromatic rings. The lowest BCUT2D eigenvalue weighted by atomic mass is 10.2. The Kier molecular flexibility index (Phi) is 7.33. The summed E-state index contributed by atoms with van der Waals surface area (Å²) in [5.74, 6) is -0.0104. The van der Waals surface area contributed by atoms with Crippen LogP contribution in [0.15, 0.2) is 17.1 Å². The van der Waals surface area contributed by atoms with Crippen molar-refractivity contribution in [3.63, 3.8) is 0 Å². The van der Waals surface area contributed by atoms with E-state index in [1.54, 1.807) is 0 Å². The number of ether oxygens (including phenoxy) is 1. The predicted molar refractivity (Wildman–Crippen MR) is 93.9 cm³/mol. The summed E-state index contributed by atoms with van der Waals surface area (Å²) in [6.45, 7) is -5.16. The molecule has 0 amide bonds. The molecule has 19 heteroatoms. The molecule has 7 N–H and O–H groups in total. The van der Waals surface area contributed by atoms with Gasteiger partial charge < -0.3 is 39.7 Å². The zero-order valence-electron chi connectivity index (χ0n) is 13.6. The highest BCUT2D eigenvalue weighted by Crippen LogP contribution is 2.66. The molecule has 1 fully saturated rings. The lowest BCUT2D eigenvalue weighted by Gasteiger charge is -2.21. The number of nitrogen functional groups attached to an aromatic ring is 1. The molecule has 0 radical (unpaired) electrons. The summed E-state index contributed by atoms with van der Waals surface area (Å²) in [6.07, 6.45) is -2.02. The van der Waals surface area contributed by atoms with Crippen molar-refractivity contribution in [1.29, 1.82) is 0 Å². The van der Waals surface area contributed by atoms with Crippen LogP contribution in [0.25, 0.3) is 0 Å². The van der Waals surface area contributed by atoms with Crippen LogP contribution in [-0.4, -0.2) is 53.0 Å². The summed E-state index contributed by atoms with van der Waals surface area (Å²) in [6, 6.07) is 1.34. The fourth-order valence-corrected chi connectivity index (χ4v) is 6.12. The first-order valence-corrected chi connectivity index (χ1v) is 12.8. The molecule has 0 aromatic carbocycles. The second kappa shape index (κ2) is 8.66. The number of phosphoric acid groups is 2. The Hall–Kier alpha value is -0.570. The second-order valence-corrected chi connectivity index (χ2v) is 11.2. The molecular weight excluding hydrogens is 467 g/mol. The van der Waals surface area contributed by atoms with Crippen molar-refractivity contribution in [3.8, 4) is 0 Å². The van der Waals surface area contributed by atoms with E-state index in [2.05, 4.69) is 25.4 Å². The molecule has 2 heterocycles. The fraction of sp³-hybridized carbons (Fsp3) is 0.556. The molecule has 0 bridgehead atoms. The van der Waals surface area contributed by atoms with Gasteiger partial charge in [-0.25, -0.2) is 18.2 Å². The van der Waals surface area contributed by atoms with Gasteiger partial charge in [-0.15, -0.1) is 0 Å². The van der Waals surface area contributed by atoms with Crippen LogP contribution in [0.5, 0.6) is 0 Å². The third-order valence-electron chi connectivity index (χ3n) is 3.18. The molecule has 28 heavy (non-hydrogen) atoms. The van der Waals surface area contributed by atoms with E-state index in [1.807, 2.05) is 0 Å². The molecule has 0 aliphatic carbocycles. The summed E-state index contributed by atoms with van der Waals surface area (Å²) in [7, 11) is -10.9. The minimum atomic E-state index is -5.45. The molecule has 1 aliphatic rings. The minimum absolute atomic E-state index is 0.0104. The van der Waals surface area contributed by atoms with Crippen molar-refractivity contribution in [2.45, 2.75) is 24.9 Å². The fourth-order valence-electron chi connectivity index (χ4n) is 2.15. The van der Waals surface area contributed by atoms with Crippen molar-refractivity contribution < 1.29 is 51.7 Å². The maximum absolute atomic E-state index is 11.8. The lowest BCUT2D eigenvalue weighted by Crippen LogP contribution is -2.28. The molecule has 5 atom stereocenters. The quantitative estimate of drug-likeness (QED) is 0.242. The molecule has 3 unspecified atom stereocenters. The Balaban J connectivity index is 1.98. The molecule has 1 aromatic heterocycles. The van der Waals surface area contributed by atoms with E-state index < -0.39 is 53.1 Å². The SMILES string of the molecule is Nc1ccn([C@H]2CC(O)[C@@H](COP(O)(=S)OP(=O)(O)OP(=O)(O)O)O2)c(=O)n1. The van der Waals surface area contributed by atoms with E-state index in [0.29, 0.717) is 0 Å². The van der Waals surface area contributed by atoms with Crippen LogP contribution in [0.3, 0.4) is 0 Å². The van der Waals surface area contributed by atoms with Crippen molar-refractivity contribution >= 4 is 40.0 Å². The van der Waals surface area contributed by atoms with Crippen molar-refractivity contribution in [3.05, 3.63) is 22.7 Å². The van der Waals surface area contributed by atoms with Crippen molar-refractivity contribution in [2.75, 3.05) is 12.3 Å². The van der Waals surface area contributed by atoms with Gasteiger partial charge in [-0.1, -0.05) is 0 Å². The van der Waals surface area contributed by atoms with Gasteiger partial charge in [-0.05, 0) is 17.9 Å². The highest BCUT2D eigenvalue weighted by molar-refractivity contribution is 8.08. The standard InChI is InChI=1S/C9H16N3O12P3S/c10-7-1-2-12(9(14)11-7)8-3-5(13)6(22-8)4-21-27(20,28)24-26(18,19)23-25(15,16)17/h1-2,5-6,8,13H,3-4H2,(H,18,19)(H,20,28)(H2,10,11,14)(H2,15,16,17)/t5?,6-,8-,27?/m1/s1. The van der Waals surface area contributed by atoms with Crippen LogP contribution < -0.4 is 11.4 Å². The van der Waals surface area contributed by atoms with Crippen molar-refractivity contribution in [1.82, 2.24) is 9.55 Å². The Morgan fingerprint density at radius 2 is 1.96 bits per heavy atom. The Morgan fingerprint density at radius 3 is 2.54 bits per heavy atom. The highest BCUT2D eigenvalue weighted by Gasteiger charge is 2.40. The summed E-state index contributed by atoms with van der Waals surface area (Å²) in [4.78, 5) is 51.2. The molecule has 0 saturated carbocycles. The van der Waals surface area contributed by atoms with E-state index in [1.165, 1.54) is 12.3 Å². The molecule has 2 rings (SSSR count). The van der Waals surface area contributed by atoms with Crippen LogP contribution in [0.2, 0.25) is 0 Å². The zero-order chi connectivity index (χ0) is 21.3. The van der Waals surface area contributed by atoms with E-state index in [9.17, 15) is 28.8 Å². The Bertz CT molecular complexity index is 919. The highest BCUT2D eigenvalue weighted by atomic mass is 32.5. The third kappa shape index (κ3) is 7.04. The van der Waals surface area contributed by atoms with E-state index in [-0.39, 0.29) is 12.2 Å². The number of aliphatic hydroxyl groups excluding tert-OH is 1. The first-order chi connectivity index (χ1) is 12.7. The summed E-state index contributed by atoms with van der Waals surface area (Å²) in [5, 5.41) is 10.0. The van der Waals surface area contributed by atoms with Gasteiger partial charge in [0, 0.05) is 12.6 Å². The first-order valence-electron chi connectivity index (χ1n) is 7.14. The molecule has 160 valence electrons. The topological polar surface area (TPSA) is 233 Å². The van der Waals surface area contributed by atoms with E-state index >= 15 is 0 Å². The third-order valence-corrected chi connectivity index (χ3v) is 7.90. The van der Waals surface area contributed by atoms with Gasteiger partial charge in [0.2, 0.25) is 0 Å². The molecule has 1 aliphatic heterocycles. The Morgan fingerprint density at radius 1 is 1.32 bits per heavy atom. The zero-order valence-corrected chi connectivity index (χ0v) is 17.1. The van der Waals surface area contributed by atoms with Crippen LogP contribution >= 0.6 is 22.4 Å². The molecule has 1 saturated heterocycles. The van der Waals surface area contributed by atoms with Gasteiger partial charge in [0.1, 0.15) is 18.1 Å². The van der Waals surface area contributed by atoms with Crippen LogP contribution in [-0.2, 0) is 38.8 Å². The van der Waals surface area contributed by atoms with E-state index in [4.69, 9.17) is 24.8 Å². The van der Waals surface area contributed by atoms with Crippen LogP contribution in [0.1, 0.15) is 12.6 Å². The Labute approximate surface area is 161 Å². The largest absolute Gasteiger partial charge is 0.488 e. The molecule has 15 nitrogen and oxygen atoms in total.